The average molecular weight is 248 g/mol. The minimum absolute atomic E-state index is 0.0540. The molecular weight excluding hydrogens is 236 g/mol. The number of hydrogen-bond donors (Lipinski definition) is 2. The van der Waals surface area contributed by atoms with Crippen molar-refractivity contribution in [3.05, 3.63) is 35.9 Å². The molecule has 94 valence electrons. The molecular formula is C12H12N2O4. The molecule has 0 bridgehead atoms. The van der Waals surface area contributed by atoms with Gasteiger partial charge in [0.1, 0.15) is 12.6 Å². The monoisotopic (exact) mass is 248 g/mol. The van der Waals surface area contributed by atoms with Crippen LogP contribution < -0.4 is 5.73 Å². The number of ether oxygens (including phenoxy) is 1. The number of rotatable bonds is 5. The summed E-state index contributed by atoms with van der Waals surface area (Å²) < 4.78 is 4.82. The lowest BCUT2D eigenvalue weighted by atomic mass is 10.0. The van der Waals surface area contributed by atoms with Gasteiger partial charge in [-0.1, -0.05) is 30.3 Å². The van der Waals surface area contributed by atoms with Gasteiger partial charge in [-0.2, -0.15) is 5.26 Å². The highest BCUT2D eigenvalue weighted by Gasteiger charge is 2.34. The number of nitriles is 1. The van der Waals surface area contributed by atoms with Gasteiger partial charge in [0.2, 0.25) is 0 Å². The van der Waals surface area contributed by atoms with E-state index in [1.165, 1.54) is 6.07 Å². The predicted octanol–water partition coefficient (Wildman–Crippen LogP) is 0.281. The maximum atomic E-state index is 11.5. The fourth-order valence-electron chi connectivity index (χ4n) is 1.29. The summed E-state index contributed by atoms with van der Waals surface area (Å²) in [6, 6.07) is 8.88. The van der Waals surface area contributed by atoms with E-state index < -0.39 is 23.9 Å². The van der Waals surface area contributed by atoms with E-state index in [1.54, 1.807) is 30.3 Å². The van der Waals surface area contributed by atoms with Gasteiger partial charge in [-0.15, -0.1) is 0 Å². The predicted molar refractivity (Wildman–Crippen MR) is 61.0 cm³/mol. The standard InChI is InChI=1S/C12H12N2O4/c13-6-9(14)10(11(15)16)12(17)18-7-8-4-2-1-3-5-8/h1-5,9-10H,7,14H2,(H,15,16). The molecule has 2 atom stereocenters. The lowest BCUT2D eigenvalue weighted by molar-refractivity contribution is -0.159. The van der Waals surface area contributed by atoms with Gasteiger partial charge in [-0.05, 0) is 5.56 Å². The first-order valence-corrected chi connectivity index (χ1v) is 5.15. The number of hydrogen-bond acceptors (Lipinski definition) is 5. The number of benzene rings is 1. The molecule has 0 amide bonds. The van der Waals surface area contributed by atoms with Crippen molar-refractivity contribution < 1.29 is 19.4 Å². The van der Waals surface area contributed by atoms with Crippen LogP contribution in [0, 0.1) is 17.2 Å². The zero-order chi connectivity index (χ0) is 13.5. The number of carbonyl (C=O) groups is 2. The largest absolute Gasteiger partial charge is 0.481 e. The van der Waals surface area contributed by atoms with Crippen LogP contribution in [0.25, 0.3) is 0 Å². The van der Waals surface area contributed by atoms with Crippen molar-refractivity contribution in [3.63, 3.8) is 0 Å². The quantitative estimate of drug-likeness (QED) is 0.571. The van der Waals surface area contributed by atoms with E-state index in [4.69, 9.17) is 20.8 Å². The molecule has 0 aliphatic heterocycles. The van der Waals surface area contributed by atoms with Gasteiger partial charge in [-0.25, -0.2) is 0 Å². The molecule has 1 aromatic rings. The molecule has 3 N–H and O–H groups in total. The van der Waals surface area contributed by atoms with Crippen LogP contribution in [-0.4, -0.2) is 23.1 Å². The fraction of sp³-hybridized carbons (Fsp3) is 0.250. The van der Waals surface area contributed by atoms with Crippen LogP contribution in [-0.2, 0) is 20.9 Å². The minimum atomic E-state index is -1.67. The third kappa shape index (κ3) is 3.57. The van der Waals surface area contributed by atoms with Crippen LogP contribution in [0.4, 0.5) is 0 Å². The number of carboxylic acids is 1. The van der Waals surface area contributed by atoms with Crippen LogP contribution >= 0.6 is 0 Å². The maximum absolute atomic E-state index is 11.5. The first-order valence-electron chi connectivity index (χ1n) is 5.15. The van der Waals surface area contributed by atoms with Gasteiger partial charge < -0.3 is 15.6 Å². The summed E-state index contributed by atoms with van der Waals surface area (Å²) in [6.07, 6.45) is 0. The molecule has 0 aromatic heterocycles. The minimum Gasteiger partial charge on any atom is -0.481 e. The average Bonchev–Trinajstić information content (AvgIpc) is 2.37. The molecule has 0 heterocycles. The summed E-state index contributed by atoms with van der Waals surface area (Å²) in [5, 5.41) is 17.4. The highest BCUT2D eigenvalue weighted by atomic mass is 16.5. The van der Waals surface area contributed by atoms with Crippen molar-refractivity contribution in [3.8, 4) is 6.07 Å². The van der Waals surface area contributed by atoms with Gasteiger partial charge in [0.05, 0.1) is 6.07 Å². The van der Waals surface area contributed by atoms with Crippen molar-refractivity contribution in [2.45, 2.75) is 12.6 Å². The molecule has 0 aliphatic carbocycles. The number of carbonyl (C=O) groups excluding carboxylic acids is 1. The second kappa shape index (κ2) is 6.37. The van der Waals surface area contributed by atoms with Crippen LogP contribution in [0.1, 0.15) is 5.56 Å². The fourth-order valence-corrected chi connectivity index (χ4v) is 1.29. The van der Waals surface area contributed by atoms with Crippen LogP contribution in [0.3, 0.4) is 0 Å². The van der Waals surface area contributed by atoms with Crippen LogP contribution in [0.2, 0.25) is 0 Å². The van der Waals surface area contributed by atoms with Crippen molar-refractivity contribution in [2.75, 3.05) is 0 Å². The number of aliphatic carboxylic acids is 1. The molecule has 0 fully saturated rings. The number of esters is 1. The molecule has 0 radical (unpaired) electrons. The summed E-state index contributed by atoms with van der Waals surface area (Å²) >= 11 is 0. The van der Waals surface area contributed by atoms with Gasteiger partial charge in [-0.3, -0.25) is 9.59 Å². The van der Waals surface area contributed by atoms with Crippen molar-refractivity contribution >= 4 is 11.9 Å². The Balaban J connectivity index is 2.64. The third-order valence-electron chi connectivity index (χ3n) is 2.25. The summed E-state index contributed by atoms with van der Waals surface area (Å²) in [5.74, 6) is -4.15. The van der Waals surface area contributed by atoms with Gasteiger partial charge in [0.25, 0.3) is 0 Å². The number of carboxylic acid groups (broad SMARTS) is 1. The van der Waals surface area contributed by atoms with Crippen molar-refractivity contribution in [1.29, 1.82) is 5.26 Å². The molecule has 1 rings (SSSR count). The molecule has 18 heavy (non-hydrogen) atoms. The van der Waals surface area contributed by atoms with Gasteiger partial charge >= 0.3 is 11.9 Å². The molecule has 2 unspecified atom stereocenters. The Morgan fingerprint density at radius 3 is 2.50 bits per heavy atom. The summed E-state index contributed by atoms with van der Waals surface area (Å²) in [5.41, 5.74) is 5.97. The first kappa shape index (κ1) is 13.7. The Kier molecular flexibility index (Phi) is 4.84. The highest BCUT2D eigenvalue weighted by molar-refractivity contribution is 5.95. The van der Waals surface area contributed by atoms with Gasteiger partial charge in [0.15, 0.2) is 5.92 Å². The van der Waals surface area contributed by atoms with E-state index in [2.05, 4.69) is 0 Å². The van der Waals surface area contributed by atoms with E-state index in [-0.39, 0.29) is 6.61 Å². The molecule has 0 saturated carbocycles. The second-order valence-corrected chi connectivity index (χ2v) is 3.56. The van der Waals surface area contributed by atoms with Crippen molar-refractivity contribution in [2.24, 2.45) is 11.7 Å². The Morgan fingerprint density at radius 1 is 1.39 bits per heavy atom. The summed E-state index contributed by atoms with van der Waals surface area (Å²) in [7, 11) is 0. The van der Waals surface area contributed by atoms with Crippen LogP contribution in [0.5, 0.6) is 0 Å². The van der Waals surface area contributed by atoms with E-state index >= 15 is 0 Å². The Morgan fingerprint density at radius 2 is 2.00 bits per heavy atom. The number of nitrogens with two attached hydrogens (primary N) is 1. The third-order valence-corrected chi connectivity index (χ3v) is 2.25. The number of nitrogens with zero attached hydrogens (tertiary/aromatic N) is 1. The lowest BCUT2D eigenvalue weighted by Crippen LogP contribution is -2.40. The Bertz CT molecular complexity index is 467. The van der Waals surface area contributed by atoms with Gasteiger partial charge in [0, 0.05) is 0 Å². The highest BCUT2D eigenvalue weighted by Crippen LogP contribution is 2.08. The molecule has 0 saturated heterocycles. The molecule has 6 nitrogen and oxygen atoms in total. The van der Waals surface area contributed by atoms with Crippen LogP contribution in [0.15, 0.2) is 30.3 Å². The van der Waals surface area contributed by atoms with Crippen molar-refractivity contribution in [1.82, 2.24) is 0 Å². The molecule has 0 aliphatic rings. The summed E-state index contributed by atoms with van der Waals surface area (Å²) in [4.78, 5) is 22.3. The summed E-state index contributed by atoms with van der Waals surface area (Å²) in [6.45, 7) is -0.0540. The lowest BCUT2D eigenvalue weighted by Gasteiger charge is -2.13. The topological polar surface area (TPSA) is 113 Å². The zero-order valence-corrected chi connectivity index (χ0v) is 9.45. The first-order chi connectivity index (χ1) is 8.56. The molecule has 1 aromatic carbocycles. The Labute approximate surface area is 104 Å². The SMILES string of the molecule is N#CC(N)C(C(=O)O)C(=O)OCc1ccccc1. The normalized spacial score (nSPS) is 13.1. The smallest absolute Gasteiger partial charge is 0.323 e. The van der Waals surface area contributed by atoms with E-state index in [0.717, 1.165) is 5.56 Å². The van der Waals surface area contributed by atoms with E-state index in [9.17, 15) is 9.59 Å². The Hall–Kier alpha value is -2.39. The molecule has 6 heteroatoms. The maximum Gasteiger partial charge on any atom is 0.323 e. The van der Waals surface area contributed by atoms with E-state index in [1.807, 2.05) is 0 Å². The molecule has 0 spiro atoms. The van der Waals surface area contributed by atoms with E-state index in [0.29, 0.717) is 0 Å². The zero-order valence-electron chi connectivity index (χ0n) is 9.45. The second-order valence-electron chi connectivity index (χ2n) is 3.56.